The molecular weight excluding hydrogens is 483 g/mol. The van der Waals surface area contributed by atoms with Gasteiger partial charge >= 0.3 is 0 Å². The number of ether oxygens (including phenoxy) is 2. The number of rotatable bonds is 11. The minimum atomic E-state index is 0. The molecule has 3 rings (SSSR count). The fourth-order valence-electron chi connectivity index (χ4n) is 3.18. The van der Waals surface area contributed by atoms with Crippen molar-refractivity contribution in [3.8, 4) is 0 Å². The number of fused-ring (bicyclic) bond motifs is 1. The zero-order valence-electron chi connectivity index (χ0n) is 17.2. The van der Waals surface area contributed by atoms with Crippen LogP contribution < -0.4 is 10.6 Å². The van der Waals surface area contributed by atoms with Crippen LogP contribution in [0.15, 0.2) is 29.4 Å². The predicted octanol–water partition coefficient (Wildman–Crippen LogP) is 2.28. The number of aromatic nitrogens is 3. The maximum atomic E-state index is 5.74. The molecule has 1 aliphatic rings. The molecule has 0 radical (unpaired) electrons. The molecule has 0 aliphatic carbocycles. The standard InChI is InChI=1S/C20H32N6O2.HI/c1-2-21-20(23-11-6-13-27-15-17-9-14-28-16-17)22-10-5-8-19-25-24-18-7-3-4-12-26(18)19;/h3-4,7,12,17H,2,5-6,8-11,13-16H2,1H3,(H2,21,22,23);1H. The molecule has 0 spiro atoms. The van der Waals surface area contributed by atoms with Crippen LogP contribution >= 0.6 is 24.0 Å². The number of aliphatic imine (C=N–C) groups is 1. The number of nitrogens with one attached hydrogen (secondary N) is 2. The molecule has 2 aromatic heterocycles. The molecule has 29 heavy (non-hydrogen) atoms. The molecule has 1 aliphatic heterocycles. The van der Waals surface area contributed by atoms with Gasteiger partial charge in [-0.25, -0.2) is 0 Å². The number of pyridine rings is 1. The molecule has 0 saturated carbocycles. The Morgan fingerprint density at radius 2 is 2.24 bits per heavy atom. The van der Waals surface area contributed by atoms with Gasteiger partial charge in [0.15, 0.2) is 11.6 Å². The van der Waals surface area contributed by atoms with Crippen molar-refractivity contribution in [1.82, 2.24) is 25.2 Å². The van der Waals surface area contributed by atoms with Crippen molar-refractivity contribution >= 4 is 35.6 Å². The average molecular weight is 516 g/mol. The van der Waals surface area contributed by atoms with Crippen molar-refractivity contribution in [2.45, 2.75) is 32.6 Å². The first-order valence-electron chi connectivity index (χ1n) is 10.3. The SMILES string of the molecule is CCNC(=NCCCc1nnc2ccccn12)NCCCOCC1CCOC1.I. The third-order valence-corrected chi connectivity index (χ3v) is 4.69. The molecule has 9 heteroatoms. The maximum Gasteiger partial charge on any atom is 0.191 e. The summed E-state index contributed by atoms with van der Waals surface area (Å²) in [7, 11) is 0. The lowest BCUT2D eigenvalue weighted by Gasteiger charge is -2.12. The van der Waals surface area contributed by atoms with E-state index in [0.29, 0.717) is 5.92 Å². The fourth-order valence-corrected chi connectivity index (χ4v) is 3.18. The van der Waals surface area contributed by atoms with E-state index < -0.39 is 0 Å². The van der Waals surface area contributed by atoms with Gasteiger partial charge in [-0.1, -0.05) is 6.07 Å². The van der Waals surface area contributed by atoms with Crippen molar-refractivity contribution in [2.75, 3.05) is 46.1 Å². The minimum Gasteiger partial charge on any atom is -0.381 e. The Bertz CT molecular complexity index is 733. The van der Waals surface area contributed by atoms with Gasteiger partial charge in [0.25, 0.3) is 0 Å². The fraction of sp³-hybridized carbons (Fsp3) is 0.650. The van der Waals surface area contributed by atoms with Crippen molar-refractivity contribution in [2.24, 2.45) is 10.9 Å². The van der Waals surface area contributed by atoms with E-state index in [4.69, 9.17) is 9.47 Å². The zero-order valence-corrected chi connectivity index (χ0v) is 19.5. The highest BCUT2D eigenvalue weighted by Gasteiger charge is 2.15. The number of hydrogen-bond donors (Lipinski definition) is 2. The van der Waals surface area contributed by atoms with E-state index in [9.17, 15) is 0 Å². The second kappa shape index (κ2) is 13.7. The first-order chi connectivity index (χ1) is 13.9. The molecule has 0 aromatic carbocycles. The van der Waals surface area contributed by atoms with Crippen LogP contribution in [0.1, 0.15) is 32.0 Å². The minimum absolute atomic E-state index is 0. The van der Waals surface area contributed by atoms with Crippen molar-refractivity contribution in [3.05, 3.63) is 30.2 Å². The number of halogens is 1. The van der Waals surface area contributed by atoms with Crippen LogP contribution in [0.25, 0.3) is 5.65 Å². The van der Waals surface area contributed by atoms with Crippen LogP contribution in [0.5, 0.6) is 0 Å². The highest BCUT2D eigenvalue weighted by atomic mass is 127. The summed E-state index contributed by atoms with van der Waals surface area (Å²) in [6, 6.07) is 5.93. The summed E-state index contributed by atoms with van der Waals surface area (Å²) in [6.45, 7) is 7.82. The van der Waals surface area contributed by atoms with Gasteiger partial charge in [-0.2, -0.15) is 0 Å². The highest BCUT2D eigenvalue weighted by molar-refractivity contribution is 14.0. The third kappa shape index (κ3) is 8.06. The largest absolute Gasteiger partial charge is 0.381 e. The van der Waals surface area contributed by atoms with Crippen LogP contribution in [0.3, 0.4) is 0 Å². The Morgan fingerprint density at radius 1 is 1.31 bits per heavy atom. The molecule has 2 N–H and O–H groups in total. The molecule has 2 aromatic rings. The predicted molar refractivity (Wildman–Crippen MR) is 125 cm³/mol. The quantitative estimate of drug-likeness (QED) is 0.206. The van der Waals surface area contributed by atoms with Gasteiger partial charge in [0.1, 0.15) is 5.82 Å². The molecule has 1 atom stereocenters. The Morgan fingerprint density at radius 3 is 3.07 bits per heavy atom. The number of nitrogens with zero attached hydrogens (tertiary/aromatic N) is 4. The van der Waals surface area contributed by atoms with Gasteiger partial charge in [-0.05, 0) is 38.3 Å². The topological polar surface area (TPSA) is 85.1 Å². The van der Waals surface area contributed by atoms with E-state index in [1.54, 1.807) is 0 Å². The van der Waals surface area contributed by atoms with Crippen LogP contribution in [-0.4, -0.2) is 66.6 Å². The van der Waals surface area contributed by atoms with Crippen LogP contribution in [-0.2, 0) is 15.9 Å². The van der Waals surface area contributed by atoms with Gasteiger partial charge in [-0.15, -0.1) is 34.2 Å². The highest BCUT2D eigenvalue weighted by Crippen LogP contribution is 2.12. The summed E-state index contributed by atoms with van der Waals surface area (Å²) >= 11 is 0. The number of hydrogen-bond acceptors (Lipinski definition) is 5. The first-order valence-corrected chi connectivity index (χ1v) is 10.3. The lowest BCUT2D eigenvalue weighted by molar-refractivity contribution is 0.0888. The molecule has 3 heterocycles. The normalized spacial score (nSPS) is 16.7. The van der Waals surface area contributed by atoms with E-state index >= 15 is 0 Å². The van der Waals surface area contributed by atoms with E-state index in [1.165, 1.54) is 0 Å². The summed E-state index contributed by atoms with van der Waals surface area (Å²) in [6.07, 6.45) is 5.87. The summed E-state index contributed by atoms with van der Waals surface area (Å²) in [4.78, 5) is 4.65. The number of aryl methyl sites for hydroxylation is 1. The average Bonchev–Trinajstić information content (AvgIpc) is 3.38. The van der Waals surface area contributed by atoms with E-state index in [0.717, 1.165) is 89.2 Å². The van der Waals surface area contributed by atoms with Crippen LogP contribution in [0, 0.1) is 5.92 Å². The molecule has 8 nitrogen and oxygen atoms in total. The van der Waals surface area contributed by atoms with Gasteiger partial charge in [0.2, 0.25) is 0 Å². The second-order valence-corrected chi connectivity index (χ2v) is 6.99. The van der Waals surface area contributed by atoms with Gasteiger partial charge < -0.3 is 20.1 Å². The summed E-state index contributed by atoms with van der Waals surface area (Å²) < 4.78 is 13.1. The summed E-state index contributed by atoms with van der Waals surface area (Å²) in [5.41, 5.74) is 0.888. The van der Waals surface area contributed by atoms with E-state index in [2.05, 4.69) is 32.7 Å². The van der Waals surface area contributed by atoms with Crippen molar-refractivity contribution < 1.29 is 9.47 Å². The van der Waals surface area contributed by atoms with E-state index in [1.807, 2.05) is 28.8 Å². The molecule has 0 amide bonds. The number of guanidine groups is 1. The first kappa shape index (κ1) is 23.8. The monoisotopic (exact) mass is 516 g/mol. The van der Waals surface area contributed by atoms with Crippen LogP contribution in [0.2, 0.25) is 0 Å². The smallest absolute Gasteiger partial charge is 0.191 e. The van der Waals surface area contributed by atoms with Gasteiger partial charge in [0, 0.05) is 51.4 Å². The maximum absolute atomic E-state index is 5.74. The molecule has 0 bridgehead atoms. The second-order valence-electron chi connectivity index (χ2n) is 6.99. The van der Waals surface area contributed by atoms with Crippen LogP contribution in [0.4, 0.5) is 0 Å². The Kier molecular flexibility index (Phi) is 11.3. The lowest BCUT2D eigenvalue weighted by atomic mass is 10.1. The Labute approximate surface area is 189 Å². The molecule has 1 saturated heterocycles. The summed E-state index contributed by atoms with van der Waals surface area (Å²) in [5.74, 6) is 2.42. The summed E-state index contributed by atoms with van der Waals surface area (Å²) in [5, 5.41) is 15.1. The molecule has 1 fully saturated rings. The van der Waals surface area contributed by atoms with Gasteiger partial charge in [-0.3, -0.25) is 9.39 Å². The lowest BCUT2D eigenvalue weighted by Crippen LogP contribution is -2.38. The van der Waals surface area contributed by atoms with Crippen molar-refractivity contribution in [1.29, 1.82) is 0 Å². The third-order valence-electron chi connectivity index (χ3n) is 4.69. The Balaban J connectivity index is 0.00000300. The van der Waals surface area contributed by atoms with Crippen molar-refractivity contribution in [3.63, 3.8) is 0 Å². The zero-order chi connectivity index (χ0) is 19.4. The van der Waals surface area contributed by atoms with E-state index in [-0.39, 0.29) is 24.0 Å². The molecule has 162 valence electrons. The van der Waals surface area contributed by atoms with Gasteiger partial charge in [0.05, 0.1) is 13.2 Å². The Hall–Kier alpha value is -1.46. The molecular formula is C20H33IN6O2. The molecule has 1 unspecified atom stereocenters.